The highest BCUT2D eigenvalue weighted by Crippen LogP contribution is 2.29. The molecule has 3 rings (SSSR count). The molecule has 5 nitrogen and oxygen atoms in total. The van der Waals surface area contributed by atoms with E-state index in [1.54, 1.807) is 17.0 Å². The van der Waals surface area contributed by atoms with Gasteiger partial charge in [-0.2, -0.15) is 0 Å². The number of carboxylic acid groups (broad SMARTS) is 1. The first-order valence-electron chi connectivity index (χ1n) is 9.60. The van der Waals surface area contributed by atoms with E-state index in [-0.39, 0.29) is 34.9 Å². The van der Waals surface area contributed by atoms with Gasteiger partial charge in [-0.05, 0) is 42.3 Å². The van der Waals surface area contributed by atoms with Crippen LogP contribution in [0.25, 0.3) is 0 Å². The molecular weight excluding hydrogens is 437 g/mol. The Morgan fingerprint density at radius 1 is 0.968 bits per heavy atom. The molecule has 0 aliphatic carbocycles. The van der Waals surface area contributed by atoms with E-state index in [0.29, 0.717) is 11.6 Å². The van der Waals surface area contributed by atoms with E-state index in [2.05, 4.69) is 0 Å². The lowest BCUT2D eigenvalue weighted by atomic mass is 10.1. The number of ether oxygens (including phenoxy) is 1. The monoisotopic (exact) mass is 457 g/mol. The SMILES string of the molecule is C[C@H](c1ccccc1)N(Cc1ccc(Cl)cc1)C(=O)COc1c(Cl)cccc1C(=O)O. The number of carbonyl (C=O) groups excluding carboxylic acids is 1. The van der Waals surface area contributed by atoms with Crippen LogP contribution in [0, 0.1) is 0 Å². The summed E-state index contributed by atoms with van der Waals surface area (Å²) in [5.41, 5.74) is 1.78. The molecule has 3 aromatic rings. The summed E-state index contributed by atoms with van der Waals surface area (Å²) < 4.78 is 5.59. The normalized spacial score (nSPS) is 11.6. The van der Waals surface area contributed by atoms with Gasteiger partial charge < -0.3 is 14.7 Å². The number of para-hydroxylation sites is 1. The predicted molar refractivity (Wildman–Crippen MR) is 121 cm³/mol. The number of carbonyl (C=O) groups is 2. The molecule has 0 saturated heterocycles. The first-order valence-corrected chi connectivity index (χ1v) is 10.4. The van der Waals surface area contributed by atoms with Crippen LogP contribution in [0.1, 0.15) is 34.5 Å². The molecule has 0 spiro atoms. The maximum absolute atomic E-state index is 13.2. The number of nitrogens with zero attached hydrogens (tertiary/aromatic N) is 1. The van der Waals surface area contributed by atoms with Crippen LogP contribution >= 0.6 is 23.2 Å². The second kappa shape index (κ2) is 10.3. The lowest BCUT2D eigenvalue weighted by Crippen LogP contribution is -2.36. The quantitative estimate of drug-likeness (QED) is 0.459. The van der Waals surface area contributed by atoms with E-state index < -0.39 is 5.97 Å². The Bertz CT molecular complexity index is 1050. The summed E-state index contributed by atoms with van der Waals surface area (Å²) in [6.45, 7) is 1.92. The second-order valence-corrected chi connectivity index (χ2v) is 7.79. The van der Waals surface area contributed by atoms with Crippen LogP contribution < -0.4 is 4.74 Å². The van der Waals surface area contributed by atoms with Gasteiger partial charge in [0.25, 0.3) is 5.91 Å². The summed E-state index contributed by atoms with van der Waals surface area (Å²) in [5, 5.41) is 10.1. The average Bonchev–Trinajstić information content (AvgIpc) is 2.77. The Balaban J connectivity index is 1.84. The topological polar surface area (TPSA) is 66.8 Å². The molecule has 0 fully saturated rings. The second-order valence-electron chi connectivity index (χ2n) is 6.95. The van der Waals surface area contributed by atoms with Crippen LogP contribution in [0.2, 0.25) is 10.0 Å². The van der Waals surface area contributed by atoms with Crippen molar-refractivity contribution >= 4 is 35.1 Å². The van der Waals surface area contributed by atoms with Crippen molar-refractivity contribution in [2.45, 2.75) is 19.5 Å². The van der Waals surface area contributed by atoms with Crippen molar-refractivity contribution in [3.05, 3.63) is 99.5 Å². The molecule has 0 aromatic heterocycles. The van der Waals surface area contributed by atoms with Gasteiger partial charge in [-0.3, -0.25) is 4.79 Å². The minimum Gasteiger partial charge on any atom is -0.481 e. The standard InChI is InChI=1S/C24H21Cl2NO4/c1-16(18-6-3-2-4-7-18)27(14-17-10-12-19(25)13-11-17)22(28)15-31-23-20(24(29)30)8-5-9-21(23)26/h2-13,16H,14-15H2,1H3,(H,29,30)/t16-/m1/s1. The number of rotatable bonds is 8. The fraction of sp³-hybridized carbons (Fsp3) is 0.167. The fourth-order valence-corrected chi connectivity index (χ4v) is 3.53. The van der Waals surface area contributed by atoms with Crippen molar-refractivity contribution in [2.75, 3.05) is 6.61 Å². The van der Waals surface area contributed by atoms with Crippen molar-refractivity contribution in [3.8, 4) is 5.75 Å². The maximum Gasteiger partial charge on any atom is 0.339 e. The molecule has 0 unspecified atom stereocenters. The summed E-state index contributed by atoms with van der Waals surface area (Å²) in [4.78, 5) is 26.3. The number of hydrogen-bond acceptors (Lipinski definition) is 3. The van der Waals surface area contributed by atoms with Gasteiger partial charge >= 0.3 is 5.97 Å². The van der Waals surface area contributed by atoms with Crippen LogP contribution in [-0.4, -0.2) is 28.5 Å². The average molecular weight is 458 g/mol. The van der Waals surface area contributed by atoms with Gasteiger partial charge in [-0.1, -0.05) is 71.7 Å². The zero-order valence-electron chi connectivity index (χ0n) is 16.8. The predicted octanol–water partition coefficient (Wildman–Crippen LogP) is 5.86. The van der Waals surface area contributed by atoms with Crippen LogP contribution in [0.4, 0.5) is 0 Å². The number of hydrogen-bond donors (Lipinski definition) is 1. The summed E-state index contributed by atoms with van der Waals surface area (Å²) in [6, 6.07) is 21.1. The molecule has 0 radical (unpaired) electrons. The van der Waals surface area contributed by atoms with Crippen molar-refractivity contribution in [1.82, 2.24) is 4.90 Å². The zero-order valence-corrected chi connectivity index (χ0v) is 18.3. The molecule has 160 valence electrons. The highest BCUT2D eigenvalue weighted by Gasteiger charge is 2.24. The maximum atomic E-state index is 13.2. The van der Waals surface area contributed by atoms with Gasteiger partial charge in [0.1, 0.15) is 5.56 Å². The highest BCUT2D eigenvalue weighted by atomic mass is 35.5. The number of halogens is 2. The Labute approximate surface area is 190 Å². The lowest BCUT2D eigenvalue weighted by Gasteiger charge is -2.30. The molecule has 0 saturated carbocycles. The Kier molecular flexibility index (Phi) is 7.55. The van der Waals surface area contributed by atoms with Crippen molar-refractivity contribution in [3.63, 3.8) is 0 Å². The molecule has 0 aliphatic rings. The van der Waals surface area contributed by atoms with Crippen LogP contribution in [0.5, 0.6) is 5.75 Å². The summed E-state index contributed by atoms with van der Waals surface area (Å²) in [7, 11) is 0. The Morgan fingerprint density at radius 2 is 1.65 bits per heavy atom. The number of amides is 1. The van der Waals surface area contributed by atoms with Gasteiger partial charge in [-0.25, -0.2) is 4.79 Å². The third-order valence-electron chi connectivity index (χ3n) is 4.87. The number of aromatic carboxylic acids is 1. The van der Waals surface area contributed by atoms with E-state index >= 15 is 0 Å². The first kappa shape index (κ1) is 22.7. The summed E-state index contributed by atoms with van der Waals surface area (Å²) in [6.07, 6.45) is 0. The first-order chi connectivity index (χ1) is 14.9. The van der Waals surface area contributed by atoms with Crippen LogP contribution in [-0.2, 0) is 11.3 Å². The lowest BCUT2D eigenvalue weighted by molar-refractivity contribution is -0.136. The van der Waals surface area contributed by atoms with E-state index in [4.69, 9.17) is 27.9 Å². The number of carboxylic acids is 1. The van der Waals surface area contributed by atoms with Gasteiger partial charge in [0.05, 0.1) is 11.1 Å². The summed E-state index contributed by atoms with van der Waals surface area (Å²) in [5.74, 6) is -1.51. The summed E-state index contributed by atoms with van der Waals surface area (Å²) >= 11 is 12.1. The molecule has 1 atom stereocenters. The molecule has 31 heavy (non-hydrogen) atoms. The third kappa shape index (κ3) is 5.78. The molecule has 0 bridgehead atoms. The Hall–Kier alpha value is -3.02. The van der Waals surface area contributed by atoms with Gasteiger partial charge in [0.15, 0.2) is 12.4 Å². The Morgan fingerprint density at radius 3 is 2.29 bits per heavy atom. The van der Waals surface area contributed by atoms with E-state index in [0.717, 1.165) is 11.1 Å². The minimum atomic E-state index is -1.18. The van der Waals surface area contributed by atoms with Gasteiger partial charge in [-0.15, -0.1) is 0 Å². The van der Waals surface area contributed by atoms with E-state index in [1.807, 2.05) is 49.4 Å². The molecule has 1 N–H and O–H groups in total. The van der Waals surface area contributed by atoms with Crippen molar-refractivity contribution in [2.24, 2.45) is 0 Å². The fourth-order valence-electron chi connectivity index (χ4n) is 3.18. The third-order valence-corrected chi connectivity index (χ3v) is 5.42. The zero-order chi connectivity index (χ0) is 22.4. The van der Waals surface area contributed by atoms with E-state index in [1.165, 1.54) is 18.2 Å². The smallest absolute Gasteiger partial charge is 0.339 e. The largest absolute Gasteiger partial charge is 0.481 e. The van der Waals surface area contributed by atoms with E-state index in [9.17, 15) is 14.7 Å². The molecule has 3 aromatic carbocycles. The van der Waals surface area contributed by atoms with Crippen LogP contribution in [0.3, 0.4) is 0 Å². The van der Waals surface area contributed by atoms with Crippen molar-refractivity contribution < 1.29 is 19.4 Å². The number of benzene rings is 3. The van der Waals surface area contributed by atoms with Crippen molar-refractivity contribution in [1.29, 1.82) is 0 Å². The van der Waals surface area contributed by atoms with Crippen LogP contribution in [0.15, 0.2) is 72.8 Å². The molecule has 7 heteroatoms. The molecule has 0 heterocycles. The molecule has 1 amide bonds. The van der Waals surface area contributed by atoms with Gasteiger partial charge in [0.2, 0.25) is 0 Å². The highest BCUT2D eigenvalue weighted by molar-refractivity contribution is 6.32. The van der Waals surface area contributed by atoms with Gasteiger partial charge in [0, 0.05) is 11.6 Å². The molecular formula is C24H21Cl2NO4. The molecule has 0 aliphatic heterocycles. The minimum absolute atomic E-state index is 0.0242.